The van der Waals surface area contributed by atoms with Gasteiger partial charge in [0.25, 0.3) is 0 Å². The van der Waals surface area contributed by atoms with E-state index in [4.69, 9.17) is 4.74 Å². The summed E-state index contributed by atoms with van der Waals surface area (Å²) in [6.07, 6.45) is 1.65. The van der Waals surface area contributed by atoms with Crippen molar-refractivity contribution in [1.82, 2.24) is 5.43 Å². The first-order valence-electron chi connectivity index (χ1n) is 6.52. The Kier molecular flexibility index (Phi) is 6.73. The minimum Gasteiger partial charge on any atom is -0.497 e. The fraction of sp³-hybridized carbons (Fsp3) is 0.125. The van der Waals surface area contributed by atoms with Gasteiger partial charge in [0, 0.05) is 14.0 Å². The van der Waals surface area contributed by atoms with Crippen LogP contribution in [0.5, 0.6) is 5.75 Å². The number of benzene rings is 2. The van der Waals surface area contributed by atoms with Crippen LogP contribution in [0.3, 0.4) is 0 Å². The van der Waals surface area contributed by atoms with E-state index in [0.29, 0.717) is 5.75 Å². The van der Waals surface area contributed by atoms with Crippen LogP contribution in [0, 0.1) is 3.57 Å². The third kappa shape index (κ3) is 5.34. The normalized spacial score (nSPS) is 10.6. The van der Waals surface area contributed by atoms with Crippen molar-refractivity contribution in [2.75, 3.05) is 12.9 Å². The molecule has 2 rings (SSSR count). The van der Waals surface area contributed by atoms with Crippen molar-refractivity contribution < 1.29 is 9.53 Å². The van der Waals surface area contributed by atoms with E-state index in [9.17, 15) is 4.79 Å². The molecule has 4 nitrogen and oxygen atoms in total. The Morgan fingerprint density at radius 2 is 2.00 bits per heavy atom. The van der Waals surface area contributed by atoms with E-state index in [1.165, 1.54) is 11.8 Å². The number of nitrogens with zero attached hydrogens (tertiary/aromatic N) is 1. The van der Waals surface area contributed by atoms with E-state index >= 15 is 0 Å². The summed E-state index contributed by atoms with van der Waals surface area (Å²) in [6.45, 7) is 0. The number of rotatable bonds is 6. The molecule has 0 bridgehead atoms. The van der Waals surface area contributed by atoms with Crippen molar-refractivity contribution in [1.29, 1.82) is 0 Å². The molecule has 6 heteroatoms. The highest BCUT2D eigenvalue weighted by Gasteiger charge is 2.02. The molecule has 22 heavy (non-hydrogen) atoms. The number of nitrogens with one attached hydrogen (secondary N) is 1. The monoisotopic (exact) mass is 426 g/mol. The molecule has 2 aromatic carbocycles. The maximum Gasteiger partial charge on any atom is 0.250 e. The quantitative estimate of drug-likeness (QED) is 0.333. The number of carbonyl (C=O) groups excluding carboxylic acids is 1. The Morgan fingerprint density at radius 3 is 2.68 bits per heavy atom. The van der Waals surface area contributed by atoms with Crippen LogP contribution in [-0.4, -0.2) is 25.0 Å². The van der Waals surface area contributed by atoms with Gasteiger partial charge in [0.2, 0.25) is 5.91 Å². The molecule has 2 aromatic rings. The lowest BCUT2D eigenvalue weighted by Gasteiger charge is -2.03. The van der Waals surface area contributed by atoms with E-state index in [0.717, 1.165) is 19.8 Å². The van der Waals surface area contributed by atoms with Gasteiger partial charge in [0.1, 0.15) is 5.75 Å². The van der Waals surface area contributed by atoms with Gasteiger partial charge >= 0.3 is 0 Å². The van der Waals surface area contributed by atoms with Crippen molar-refractivity contribution in [2.24, 2.45) is 5.10 Å². The minimum atomic E-state index is -0.136. The molecular formula is C16H15IN2O2S. The molecule has 0 aliphatic carbocycles. The van der Waals surface area contributed by atoms with Gasteiger partial charge in [-0.25, -0.2) is 5.43 Å². The van der Waals surface area contributed by atoms with Crippen molar-refractivity contribution in [2.45, 2.75) is 4.90 Å². The highest BCUT2D eigenvalue weighted by atomic mass is 127. The predicted molar refractivity (Wildman–Crippen MR) is 98.6 cm³/mol. The molecule has 0 saturated heterocycles. The third-order valence-electron chi connectivity index (χ3n) is 2.73. The van der Waals surface area contributed by atoms with Crippen LogP contribution < -0.4 is 10.2 Å². The summed E-state index contributed by atoms with van der Waals surface area (Å²) in [6, 6.07) is 15.4. The smallest absolute Gasteiger partial charge is 0.250 e. The number of halogens is 1. The van der Waals surface area contributed by atoms with Gasteiger partial charge in [-0.05, 0) is 52.9 Å². The number of methoxy groups -OCH3 is 1. The lowest BCUT2D eigenvalue weighted by Crippen LogP contribution is -2.19. The highest BCUT2D eigenvalue weighted by molar-refractivity contribution is 14.1. The molecule has 0 aliphatic rings. The number of thioether (sulfide) groups is 1. The van der Waals surface area contributed by atoms with Crippen LogP contribution in [-0.2, 0) is 4.79 Å². The summed E-state index contributed by atoms with van der Waals surface area (Å²) in [7, 11) is 1.63. The first-order chi connectivity index (χ1) is 10.7. The maximum absolute atomic E-state index is 11.7. The van der Waals surface area contributed by atoms with Gasteiger partial charge in [0.05, 0.1) is 19.1 Å². The summed E-state index contributed by atoms with van der Waals surface area (Å²) in [5.74, 6) is 0.981. The van der Waals surface area contributed by atoms with Crippen LogP contribution in [0.1, 0.15) is 5.56 Å². The molecule has 0 atom stereocenters. The fourth-order valence-electron chi connectivity index (χ4n) is 1.61. The average molecular weight is 426 g/mol. The van der Waals surface area contributed by atoms with Crippen molar-refractivity contribution in [3.05, 3.63) is 57.7 Å². The molecule has 0 spiro atoms. The number of ether oxygens (including phenoxy) is 1. The highest BCUT2D eigenvalue weighted by Crippen LogP contribution is 2.20. The Morgan fingerprint density at radius 1 is 1.27 bits per heavy atom. The SMILES string of the molecule is COc1ccc(SCC(=O)NN=Cc2ccccc2I)cc1. The van der Waals surface area contributed by atoms with Gasteiger partial charge < -0.3 is 4.74 Å². The summed E-state index contributed by atoms with van der Waals surface area (Å²) in [5.41, 5.74) is 3.51. The number of hydrogen-bond acceptors (Lipinski definition) is 4. The summed E-state index contributed by atoms with van der Waals surface area (Å²) in [4.78, 5) is 12.8. The van der Waals surface area contributed by atoms with E-state index in [1.54, 1.807) is 13.3 Å². The maximum atomic E-state index is 11.7. The first kappa shape index (κ1) is 16.8. The lowest BCUT2D eigenvalue weighted by atomic mass is 10.2. The zero-order chi connectivity index (χ0) is 15.8. The largest absolute Gasteiger partial charge is 0.497 e. The van der Waals surface area contributed by atoms with Crippen LogP contribution in [0.15, 0.2) is 58.5 Å². The van der Waals surface area contributed by atoms with Crippen molar-refractivity contribution >= 4 is 46.5 Å². The zero-order valence-corrected chi connectivity index (χ0v) is 14.9. The van der Waals surface area contributed by atoms with Crippen LogP contribution in [0.25, 0.3) is 0 Å². The topological polar surface area (TPSA) is 50.7 Å². The second-order valence-electron chi connectivity index (χ2n) is 4.28. The molecule has 0 fully saturated rings. The number of amides is 1. The molecular weight excluding hydrogens is 411 g/mol. The van der Waals surface area contributed by atoms with Crippen LogP contribution in [0.2, 0.25) is 0 Å². The van der Waals surface area contributed by atoms with Gasteiger partial charge in [-0.1, -0.05) is 18.2 Å². The molecule has 0 aliphatic heterocycles. The van der Waals surface area contributed by atoms with Crippen LogP contribution >= 0.6 is 34.4 Å². The molecule has 114 valence electrons. The summed E-state index contributed by atoms with van der Waals surface area (Å²) in [5, 5.41) is 3.98. The molecule has 0 saturated carbocycles. The Labute approximate surface area is 147 Å². The van der Waals surface area contributed by atoms with Crippen molar-refractivity contribution in [3.8, 4) is 5.75 Å². The van der Waals surface area contributed by atoms with Crippen LogP contribution in [0.4, 0.5) is 0 Å². The number of hydrazone groups is 1. The van der Waals surface area contributed by atoms with E-state index in [2.05, 4.69) is 33.1 Å². The Bertz CT molecular complexity index is 659. The number of carbonyl (C=O) groups is 1. The number of hydrogen-bond donors (Lipinski definition) is 1. The molecule has 0 heterocycles. The second kappa shape index (κ2) is 8.79. The van der Waals surface area contributed by atoms with Gasteiger partial charge in [-0.2, -0.15) is 5.10 Å². The summed E-state index contributed by atoms with van der Waals surface area (Å²) >= 11 is 3.68. The second-order valence-corrected chi connectivity index (χ2v) is 6.49. The molecule has 1 N–H and O–H groups in total. The Balaban J connectivity index is 1.79. The predicted octanol–water partition coefficient (Wildman–Crippen LogP) is 3.54. The lowest BCUT2D eigenvalue weighted by molar-refractivity contribution is -0.118. The van der Waals surface area contributed by atoms with Gasteiger partial charge in [-0.15, -0.1) is 11.8 Å². The standard InChI is InChI=1S/C16H15IN2O2S/c1-21-13-6-8-14(9-7-13)22-11-16(20)19-18-10-12-4-2-3-5-15(12)17/h2-10H,11H2,1H3,(H,19,20). The summed E-state index contributed by atoms with van der Waals surface area (Å²) < 4.78 is 6.18. The fourth-order valence-corrected chi connectivity index (χ4v) is 2.82. The zero-order valence-electron chi connectivity index (χ0n) is 12.0. The van der Waals surface area contributed by atoms with E-state index in [1.807, 2.05) is 48.5 Å². The van der Waals surface area contributed by atoms with E-state index in [-0.39, 0.29) is 5.91 Å². The van der Waals surface area contributed by atoms with Crippen molar-refractivity contribution in [3.63, 3.8) is 0 Å². The van der Waals surface area contributed by atoms with Gasteiger partial charge in [-0.3, -0.25) is 4.79 Å². The average Bonchev–Trinajstić information content (AvgIpc) is 2.55. The first-order valence-corrected chi connectivity index (χ1v) is 8.59. The van der Waals surface area contributed by atoms with E-state index < -0.39 is 0 Å². The Hall–Kier alpha value is -1.54. The molecule has 0 unspecified atom stereocenters. The molecule has 0 aromatic heterocycles. The van der Waals surface area contributed by atoms with Gasteiger partial charge in [0.15, 0.2) is 0 Å². The molecule has 1 amide bonds. The third-order valence-corrected chi connectivity index (χ3v) is 4.72. The minimum absolute atomic E-state index is 0.136. The molecule has 0 radical (unpaired) electrons.